The van der Waals surface area contributed by atoms with Crippen molar-refractivity contribution in [2.75, 3.05) is 0 Å². The summed E-state index contributed by atoms with van der Waals surface area (Å²) in [4.78, 5) is 0. The predicted octanol–water partition coefficient (Wildman–Crippen LogP) is 2.51. The van der Waals surface area contributed by atoms with E-state index in [2.05, 4.69) is 11.2 Å². The van der Waals surface area contributed by atoms with Gasteiger partial charge in [-0.25, -0.2) is 9.07 Å². The van der Waals surface area contributed by atoms with Crippen molar-refractivity contribution >= 4 is 5.90 Å². The van der Waals surface area contributed by atoms with Crippen LogP contribution in [0.1, 0.15) is 22.7 Å². The fourth-order valence-corrected chi connectivity index (χ4v) is 2.78. The topological polar surface area (TPSA) is 74.7 Å². The van der Waals surface area contributed by atoms with E-state index in [1.807, 2.05) is 6.92 Å². The molecule has 1 N–H and O–H groups in total. The Bertz CT molecular complexity index is 757. The van der Waals surface area contributed by atoms with Crippen LogP contribution >= 0.6 is 0 Å². The Morgan fingerprint density at radius 2 is 2.05 bits per heavy atom. The van der Waals surface area contributed by atoms with Gasteiger partial charge in [0.05, 0.1) is 11.8 Å². The molecule has 1 aliphatic rings. The summed E-state index contributed by atoms with van der Waals surface area (Å²) in [6.07, 6.45) is 0. The van der Waals surface area contributed by atoms with Crippen LogP contribution in [0.4, 0.5) is 4.39 Å². The number of halogens is 1. The Balaban J connectivity index is 2.22. The SMILES string of the molecule is Cc1nn(C)c2c1C(c1ccc(F)cc1)C(C#N)C(=N)O2. The quantitative estimate of drug-likeness (QED) is 0.874. The number of nitriles is 1. The molecule has 0 bridgehead atoms. The molecule has 0 aliphatic carbocycles. The smallest absolute Gasteiger partial charge is 0.223 e. The van der Waals surface area contributed by atoms with Crippen LogP contribution in [0.3, 0.4) is 0 Å². The monoisotopic (exact) mass is 284 g/mol. The first-order valence-electron chi connectivity index (χ1n) is 6.47. The molecule has 1 aromatic heterocycles. The summed E-state index contributed by atoms with van der Waals surface area (Å²) < 4.78 is 20.1. The maximum absolute atomic E-state index is 13.1. The summed E-state index contributed by atoms with van der Waals surface area (Å²) in [5.74, 6) is -1.09. The molecule has 2 heterocycles. The third kappa shape index (κ3) is 1.98. The molecule has 5 nitrogen and oxygen atoms in total. The Morgan fingerprint density at radius 1 is 1.38 bits per heavy atom. The second-order valence-corrected chi connectivity index (χ2v) is 5.03. The van der Waals surface area contributed by atoms with Gasteiger partial charge in [0, 0.05) is 18.5 Å². The van der Waals surface area contributed by atoms with Gasteiger partial charge in [-0.15, -0.1) is 0 Å². The Kier molecular flexibility index (Phi) is 2.98. The van der Waals surface area contributed by atoms with Crippen molar-refractivity contribution in [3.05, 3.63) is 46.9 Å². The van der Waals surface area contributed by atoms with Crippen LogP contribution in [0.5, 0.6) is 5.88 Å². The largest absolute Gasteiger partial charge is 0.424 e. The van der Waals surface area contributed by atoms with E-state index >= 15 is 0 Å². The van der Waals surface area contributed by atoms with Crippen molar-refractivity contribution in [1.29, 1.82) is 10.7 Å². The fourth-order valence-electron chi connectivity index (χ4n) is 2.78. The highest BCUT2D eigenvalue weighted by Gasteiger charge is 2.40. The van der Waals surface area contributed by atoms with E-state index in [1.165, 1.54) is 12.1 Å². The number of benzene rings is 1. The van der Waals surface area contributed by atoms with Crippen molar-refractivity contribution in [1.82, 2.24) is 9.78 Å². The zero-order valence-corrected chi connectivity index (χ0v) is 11.6. The second kappa shape index (κ2) is 4.70. The minimum atomic E-state index is -0.745. The van der Waals surface area contributed by atoms with Crippen molar-refractivity contribution in [3.8, 4) is 11.9 Å². The molecular weight excluding hydrogens is 271 g/mol. The number of nitrogens with zero attached hydrogens (tertiary/aromatic N) is 3. The zero-order valence-electron chi connectivity index (χ0n) is 11.6. The highest BCUT2D eigenvalue weighted by molar-refractivity contribution is 5.84. The Morgan fingerprint density at radius 3 is 2.67 bits per heavy atom. The van der Waals surface area contributed by atoms with Gasteiger partial charge in [-0.05, 0) is 24.6 Å². The third-order valence-electron chi connectivity index (χ3n) is 3.72. The van der Waals surface area contributed by atoms with E-state index in [0.717, 1.165) is 16.8 Å². The van der Waals surface area contributed by atoms with Crippen LogP contribution in [-0.2, 0) is 7.05 Å². The van der Waals surface area contributed by atoms with Gasteiger partial charge in [0.1, 0.15) is 11.7 Å². The van der Waals surface area contributed by atoms with Gasteiger partial charge in [0.25, 0.3) is 0 Å². The van der Waals surface area contributed by atoms with Gasteiger partial charge in [-0.3, -0.25) is 5.41 Å². The van der Waals surface area contributed by atoms with Crippen LogP contribution < -0.4 is 4.74 Å². The van der Waals surface area contributed by atoms with Gasteiger partial charge in [-0.1, -0.05) is 12.1 Å². The molecule has 6 heteroatoms. The number of hydrogen-bond donors (Lipinski definition) is 1. The molecule has 2 aromatic rings. The van der Waals surface area contributed by atoms with E-state index < -0.39 is 5.92 Å². The van der Waals surface area contributed by atoms with Crippen LogP contribution in [0, 0.1) is 35.4 Å². The summed E-state index contributed by atoms with van der Waals surface area (Å²) in [5, 5.41) is 21.6. The lowest BCUT2D eigenvalue weighted by Gasteiger charge is -2.28. The average Bonchev–Trinajstić information content (AvgIpc) is 2.73. The van der Waals surface area contributed by atoms with Crippen LogP contribution in [0.2, 0.25) is 0 Å². The summed E-state index contributed by atoms with van der Waals surface area (Å²) in [6.45, 7) is 1.84. The fraction of sp³-hybridized carbons (Fsp3) is 0.267. The predicted molar refractivity (Wildman–Crippen MR) is 73.6 cm³/mol. The number of fused-ring (bicyclic) bond motifs is 1. The normalized spacial score (nSPS) is 20.6. The molecule has 2 unspecified atom stereocenters. The summed E-state index contributed by atoms with van der Waals surface area (Å²) >= 11 is 0. The highest BCUT2D eigenvalue weighted by Crippen LogP contribution is 2.43. The van der Waals surface area contributed by atoms with Crippen molar-refractivity contribution < 1.29 is 9.13 Å². The summed E-state index contributed by atoms with van der Waals surface area (Å²) in [5.41, 5.74) is 2.30. The summed E-state index contributed by atoms with van der Waals surface area (Å²) in [6, 6.07) is 8.10. The Hall–Kier alpha value is -2.68. The number of aromatic nitrogens is 2. The molecule has 106 valence electrons. The maximum Gasteiger partial charge on any atom is 0.223 e. The van der Waals surface area contributed by atoms with Crippen molar-refractivity contribution in [2.24, 2.45) is 13.0 Å². The van der Waals surface area contributed by atoms with E-state index in [9.17, 15) is 9.65 Å². The van der Waals surface area contributed by atoms with E-state index in [-0.39, 0.29) is 17.6 Å². The molecule has 0 amide bonds. The van der Waals surface area contributed by atoms with Crippen molar-refractivity contribution in [2.45, 2.75) is 12.8 Å². The van der Waals surface area contributed by atoms with Crippen LogP contribution in [-0.4, -0.2) is 15.7 Å². The lowest BCUT2D eigenvalue weighted by Crippen LogP contribution is -2.31. The molecule has 1 aromatic carbocycles. The molecule has 3 rings (SSSR count). The first-order valence-corrected chi connectivity index (χ1v) is 6.47. The number of hydrogen-bond acceptors (Lipinski definition) is 4. The van der Waals surface area contributed by atoms with Crippen LogP contribution in [0.25, 0.3) is 0 Å². The number of aryl methyl sites for hydroxylation is 2. The van der Waals surface area contributed by atoms with E-state index in [1.54, 1.807) is 23.9 Å². The minimum absolute atomic E-state index is 0.109. The third-order valence-corrected chi connectivity index (χ3v) is 3.72. The molecule has 2 atom stereocenters. The Labute approximate surface area is 121 Å². The van der Waals surface area contributed by atoms with E-state index in [0.29, 0.717) is 5.88 Å². The molecule has 0 radical (unpaired) electrons. The van der Waals surface area contributed by atoms with Gasteiger partial charge in [0.15, 0.2) is 0 Å². The zero-order chi connectivity index (χ0) is 15.1. The van der Waals surface area contributed by atoms with Crippen LogP contribution in [0.15, 0.2) is 24.3 Å². The maximum atomic E-state index is 13.1. The molecule has 1 aliphatic heterocycles. The lowest BCUT2D eigenvalue weighted by atomic mass is 9.79. The van der Waals surface area contributed by atoms with E-state index in [4.69, 9.17) is 10.1 Å². The number of rotatable bonds is 1. The second-order valence-electron chi connectivity index (χ2n) is 5.03. The number of nitrogens with one attached hydrogen (secondary N) is 1. The average molecular weight is 284 g/mol. The first-order chi connectivity index (χ1) is 10.0. The van der Waals surface area contributed by atoms with Gasteiger partial charge >= 0.3 is 0 Å². The first kappa shape index (κ1) is 13.3. The molecule has 0 fully saturated rings. The van der Waals surface area contributed by atoms with Gasteiger partial charge in [0.2, 0.25) is 11.8 Å². The highest BCUT2D eigenvalue weighted by atomic mass is 19.1. The lowest BCUT2D eigenvalue weighted by molar-refractivity contribution is 0.413. The molecule has 0 saturated carbocycles. The van der Waals surface area contributed by atoms with Crippen molar-refractivity contribution in [3.63, 3.8) is 0 Å². The number of ether oxygens (including phenoxy) is 1. The van der Waals surface area contributed by atoms with Gasteiger partial charge < -0.3 is 4.74 Å². The van der Waals surface area contributed by atoms with Gasteiger partial charge in [-0.2, -0.15) is 10.4 Å². The molecule has 0 spiro atoms. The minimum Gasteiger partial charge on any atom is -0.424 e. The molecule has 0 saturated heterocycles. The summed E-state index contributed by atoms with van der Waals surface area (Å²) in [7, 11) is 1.73. The molecule has 21 heavy (non-hydrogen) atoms. The standard InChI is InChI=1S/C15H13FN4O/c1-8-12-13(9-3-5-10(16)6-4-9)11(7-17)14(18)21-15(12)20(2)19-8/h3-6,11,13,18H,1-2H3. The molecular formula is C15H13FN4O.